The number of nitrogens with zero attached hydrogens (tertiary/aromatic N) is 2. The summed E-state index contributed by atoms with van der Waals surface area (Å²) in [6, 6.07) is 11.6. The number of nitrogen functional groups attached to an aromatic ring is 1. The molecule has 0 atom stereocenters. The molecule has 1 heterocycles. The van der Waals surface area contributed by atoms with Crippen molar-refractivity contribution in [3.63, 3.8) is 0 Å². The van der Waals surface area contributed by atoms with E-state index in [1.807, 2.05) is 50.2 Å². The van der Waals surface area contributed by atoms with Crippen LogP contribution in [0.2, 0.25) is 0 Å². The van der Waals surface area contributed by atoms with Gasteiger partial charge in [0.25, 0.3) is 5.89 Å². The van der Waals surface area contributed by atoms with E-state index in [1.165, 1.54) is 0 Å². The van der Waals surface area contributed by atoms with E-state index < -0.39 is 0 Å². The van der Waals surface area contributed by atoms with Gasteiger partial charge in [-0.25, -0.2) is 0 Å². The second kappa shape index (κ2) is 5.33. The molecule has 3 aromatic rings. The van der Waals surface area contributed by atoms with Gasteiger partial charge >= 0.3 is 0 Å². The lowest BCUT2D eigenvalue weighted by Gasteiger charge is -2.02. The number of benzene rings is 2. The Labute approximate surface area is 131 Å². The monoisotopic (exact) mass is 343 g/mol. The van der Waals surface area contributed by atoms with Crippen LogP contribution >= 0.6 is 15.9 Å². The molecule has 1 aromatic heterocycles. The lowest BCUT2D eigenvalue weighted by atomic mass is 10.1. The van der Waals surface area contributed by atoms with Crippen molar-refractivity contribution >= 4 is 21.6 Å². The van der Waals surface area contributed by atoms with Gasteiger partial charge in [0.1, 0.15) is 0 Å². The van der Waals surface area contributed by atoms with Crippen LogP contribution in [0.3, 0.4) is 0 Å². The minimum Gasteiger partial charge on any atom is -0.399 e. The second-order valence-corrected chi connectivity index (χ2v) is 5.87. The van der Waals surface area contributed by atoms with Gasteiger partial charge in [0.2, 0.25) is 5.82 Å². The maximum Gasteiger partial charge on any atom is 0.258 e. The van der Waals surface area contributed by atoms with Crippen LogP contribution in [0.4, 0.5) is 5.69 Å². The van der Waals surface area contributed by atoms with E-state index in [-0.39, 0.29) is 0 Å². The first-order chi connectivity index (χ1) is 10.0. The highest BCUT2D eigenvalue weighted by Crippen LogP contribution is 2.28. The Bertz CT molecular complexity index is 811. The third-order valence-corrected chi connectivity index (χ3v) is 3.84. The van der Waals surface area contributed by atoms with E-state index in [4.69, 9.17) is 10.3 Å². The third kappa shape index (κ3) is 2.69. The molecule has 2 aromatic carbocycles. The normalized spacial score (nSPS) is 10.8. The number of nitrogens with two attached hydrogens (primary N) is 1. The first-order valence-electron chi connectivity index (χ1n) is 6.51. The molecule has 0 radical (unpaired) electrons. The van der Waals surface area contributed by atoms with Gasteiger partial charge in [-0.05, 0) is 55.3 Å². The first-order valence-corrected chi connectivity index (χ1v) is 7.30. The summed E-state index contributed by atoms with van der Waals surface area (Å²) >= 11 is 3.45. The summed E-state index contributed by atoms with van der Waals surface area (Å²) in [5.74, 6) is 1.06. The van der Waals surface area contributed by atoms with Crippen LogP contribution in [0.25, 0.3) is 22.8 Å². The van der Waals surface area contributed by atoms with Gasteiger partial charge in [0.15, 0.2) is 0 Å². The molecule has 2 N–H and O–H groups in total. The van der Waals surface area contributed by atoms with Crippen molar-refractivity contribution in [2.24, 2.45) is 0 Å². The van der Waals surface area contributed by atoms with Crippen molar-refractivity contribution in [2.45, 2.75) is 13.8 Å². The highest BCUT2D eigenvalue weighted by molar-refractivity contribution is 9.10. The average Bonchev–Trinajstić information content (AvgIpc) is 2.91. The molecule has 0 saturated carbocycles. The minimum atomic E-state index is 0.483. The molecule has 4 nitrogen and oxygen atoms in total. The van der Waals surface area contributed by atoms with E-state index >= 15 is 0 Å². The maximum absolute atomic E-state index is 5.83. The fraction of sp³-hybridized carbons (Fsp3) is 0.125. The molecule has 0 bridgehead atoms. The summed E-state index contributed by atoms with van der Waals surface area (Å²) in [6.07, 6.45) is 0. The van der Waals surface area contributed by atoms with Crippen molar-refractivity contribution in [2.75, 3.05) is 5.73 Å². The molecule has 3 rings (SSSR count). The summed E-state index contributed by atoms with van der Waals surface area (Å²) < 4.78 is 6.42. The molecule has 21 heavy (non-hydrogen) atoms. The van der Waals surface area contributed by atoms with Crippen molar-refractivity contribution < 1.29 is 4.52 Å². The number of hydrogen-bond acceptors (Lipinski definition) is 4. The highest BCUT2D eigenvalue weighted by atomic mass is 79.9. The maximum atomic E-state index is 5.83. The number of hydrogen-bond donors (Lipinski definition) is 1. The number of anilines is 1. The van der Waals surface area contributed by atoms with Crippen LogP contribution in [0.1, 0.15) is 11.1 Å². The molecule has 0 spiro atoms. The Morgan fingerprint density at radius 2 is 1.81 bits per heavy atom. The zero-order valence-electron chi connectivity index (χ0n) is 11.7. The molecule has 5 heteroatoms. The zero-order chi connectivity index (χ0) is 15.0. The molecule has 0 fully saturated rings. The van der Waals surface area contributed by atoms with Gasteiger partial charge in [-0.2, -0.15) is 4.98 Å². The summed E-state index contributed by atoms with van der Waals surface area (Å²) in [5.41, 5.74) is 10.5. The summed E-state index contributed by atoms with van der Waals surface area (Å²) in [6.45, 7) is 4.01. The van der Waals surface area contributed by atoms with Crippen LogP contribution in [-0.2, 0) is 0 Å². The van der Waals surface area contributed by atoms with Crippen LogP contribution in [-0.4, -0.2) is 10.1 Å². The highest BCUT2D eigenvalue weighted by Gasteiger charge is 2.14. The van der Waals surface area contributed by atoms with E-state index in [2.05, 4.69) is 26.1 Å². The Morgan fingerprint density at radius 3 is 2.57 bits per heavy atom. The van der Waals surface area contributed by atoms with Crippen molar-refractivity contribution in [1.29, 1.82) is 0 Å². The molecule has 0 amide bonds. The first kappa shape index (κ1) is 13.8. The van der Waals surface area contributed by atoms with E-state index in [0.29, 0.717) is 17.4 Å². The standard InChI is InChI=1S/C16H14BrN3O/c1-9-3-5-12(18)8-14(9)16-19-15(20-21-16)13-6-4-11(17)7-10(13)2/h3-8H,18H2,1-2H3. The van der Waals surface area contributed by atoms with Gasteiger partial charge in [-0.3, -0.25) is 0 Å². The van der Waals surface area contributed by atoms with Crippen molar-refractivity contribution in [3.8, 4) is 22.8 Å². The lowest BCUT2D eigenvalue weighted by Crippen LogP contribution is -1.89. The molecular formula is C16H14BrN3O. The summed E-state index contributed by atoms with van der Waals surface area (Å²) in [7, 11) is 0. The van der Waals surface area contributed by atoms with Gasteiger partial charge in [0, 0.05) is 21.3 Å². The smallest absolute Gasteiger partial charge is 0.258 e. The Morgan fingerprint density at radius 1 is 1.00 bits per heavy atom. The molecule has 0 aliphatic rings. The Kier molecular flexibility index (Phi) is 3.51. The Balaban J connectivity index is 2.06. The minimum absolute atomic E-state index is 0.483. The quantitative estimate of drug-likeness (QED) is 0.702. The average molecular weight is 344 g/mol. The Hall–Kier alpha value is -2.14. The third-order valence-electron chi connectivity index (χ3n) is 3.35. The van der Waals surface area contributed by atoms with Gasteiger partial charge < -0.3 is 10.3 Å². The molecular weight excluding hydrogens is 330 g/mol. The SMILES string of the molecule is Cc1cc(Br)ccc1-c1noc(-c2cc(N)ccc2C)n1. The van der Waals surface area contributed by atoms with Gasteiger partial charge in [-0.1, -0.05) is 27.2 Å². The molecule has 0 aliphatic heterocycles. The van der Waals surface area contributed by atoms with Crippen molar-refractivity contribution in [1.82, 2.24) is 10.1 Å². The fourth-order valence-corrected chi connectivity index (χ4v) is 2.67. The van der Waals surface area contributed by atoms with E-state index in [1.54, 1.807) is 0 Å². The number of rotatable bonds is 2. The molecule has 0 saturated heterocycles. The largest absolute Gasteiger partial charge is 0.399 e. The number of aromatic nitrogens is 2. The molecule has 0 aliphatic carbocycles. The van der Waals surface area contributed by atoms with Crippen molar-refractivity contribution in [3.05, 3.63) is 52.0 Å². The summed E-state index contributed by atoms with van der Waals surface area (Å²) in [5, 5.41) is 4.08. The second-order valence-electron chi connectivity index (χ2n) is 4.96. The van der Waals surface area contributed by atoms with Crippen LogP contribution in [0.5, 0.6) is 0 Å². The fourth-order valence-electron chi connectivity index (χ4n) is 2.19. The molecule has 0 unspecified atom stereocenters. The number of halogens is 1. The zero-order valence-corrected chi connectivity index (χ0v) is 13.3. The van der Waals surface area contributed by atoms with E-state index in [9.17, 15) is 0 Å². The van der Waals surface area contributed by atoms with Gasteiger partial charge in [-0.15, -0.1) is 0 Å². The lowest BCUT2D eigenvalue weighted by molar-refractivity contribution is 0.432. The predicted octanol–water partition coefficient (Wildman–Crippen LogP) is 4.37. The van der Waals surface area contributed by atoms with Crippen LogP contribution < -0.4 is 5.73 Å². The topological polar surface area (TPSA) is 64.9 Å². The predicted molar refractivity (Wildman–Crippen MR) is 86.8 cm³/mol. The van der Waals surface area contributed by atoms with E-state index in [0.717, 1.165) is 26.7 Å². The van der Waals surface area contributed by atoms with Crippen LogP contribution in [0, 0.1) is 13.8 Å². The van der Waals surface area contributed by atoms with Gasteiger partial charge in [0.05, 0.1) is 0 Å². The molecule has 106 valence electrons. The number of aryl methyl sites for hydroxylation is 2. The summed E-state index contributed by atoms with van der Waals surface area (Å²) in [4.78, 5) is 4.49. The van der Waals surface area contributed by atoms with Crippen LogP contribution in [0.15, 0.2) is 45.4 Å².